The van der Waals surface area contributed by atoms with Gasteiger partial charge in [-0.1, -0.05) is 0 Å². The Morgan fingerprint density at radius 2 is 2.00 bits per heavy atom. The van der Waals surface area contributed by atoms with Crippen LogP contribution in [0.3, 0.4) is 0 Å². The van der Waals surface area contributed by atoms with E-state index in [0.717, 1.165) is 5.94 Å². The van der Waals surface area contributed by atoms with Gasteiger partial charge < -0.3 is 5.11 Å². The first kappa shape index (κ1) is 8.84. The van der Waals surface area contributed by atoms with Gasteiger partial charge in [0.25, 0.3) is 0 Å². The number of aliphatic hydroxyl groups excluding tert-OH is 1. The summed E-state index contributed by atoms with van der Waals surface area (Å²) in [6, 6.07) is 0. The topological polar surface area (TPSA) is 37.3 Å². The Morgan fingerprint density at radius 3 is 2.00 bits per heavy atom. The van der Waals surface area contributed by atoms with Crippen molar-refractivity contribution in [1.29, 1.82) is 0 Å². The Balaban J connectivity index is 0. The van der Waals surface area contributed by atoms with E-state index in [1.165, 1.54) is 0 Å². The molecular weight excluding hydrogens is 112 g/mol. The maximum atomic E-state index is 8.74. The van der Waals surface area contributed by atoms with Gasteiger partial charge in [0, 0.05) is 17.1 Å². The summed E-state index contributed by atoms with van der Waals surface area (Å²) < 4.78 is 0. The number of aliphatic hydroxyl groups is 1. The normalized spacial score (nSPS) is 3.20. The van der Waals surface area contributed by atoms with Crippen LogP contribution in [0.15, 0.2) is 6.26 Å². The molecule has 0 fully saturated rings. The molecule has 5 heavy (non-hydrogen) atoms. The van der Waals surface area contributed by atoms with Gasteiger partial charge in [-0.15, -0.1) is 0 Å². The maximum absolute atomic E-state index is 8.74. The van der Waals surface area contributed by atoms with E-state index in [-0.39, 0.29) is 17.1 Å². The monoisotopic (exact) mass is 114 g/mol. The van der Waals surface area contributed by atoms with Crippen LogP contribution < -0.4 is 0 Å². The van der Waals surface area contributed by atoms with Gasteiger partial charge >= 0.3 is 0 Å². The zero-order valence-corrected chi connectivity index (χ0v) is 3.39. The summed E-state index contributed by atoms with van der Waals surface area (Å²) >= 11 is 0. The van der Waals surface area contributed by atoms with Gasteiger partial charge in [0.05, 0.1) is 0 Å². The van der Waals surface area contributed by atoms with E-state index in [1.807, 2.05) is 0 Å². The van der Waals surface area contributed by atoms with E-state index in [0.29, 0.717) is 6.26 Å². The first-order chi connectivity index (χ1) is 1.91. The third kappa shape index (κ3) is 19.9. The Bertz CT molecular complexity index is 45.6. The second-order valence-electron chi connectivity index (χ2n) is 0.247. The molecule has 0 rings (SSSR count). The Labute approximate surface area is 40.0 Å². The van der Waals surface area contributed by atoms with E-state index >= 15 is 0 Å². The maximum Gasteiger partial charge on any atom is 0.163 e. The number of hydrogen-bond donors (Lipinski definition) is 1. The summed E-state index contributed by atoms with van der Waals surface area (Å²) in [5.74, 6) is 1.11. The van der Waals surface area contributed by atoms with Gasteiger partial charge in [-0.05, 0) is 0 Å². The molecule has 3 heteroatoms. The van der Waals surface area contributed by atoms with E-state index < -0.39 is 0 Å². The Kier molecular flexibility index (Phi) is 16.3. The molecule has 1 N–H and O–H groups in total. The summed E-state index contributed by atoms with van der Waals surface area (Å²) in [5.41, 5.74) is 0. The van der Waals surface area contributed by atoms with Crippen LogP contribution in [0.25, 0.3) is 0 Å². The number of carbonyl (C=O) groups excluding carboxylic acids is 1. The molecule has 0 atom stereocenters. The molecular formula is C2H2FeO2. The van der Waals surface area contributed by atoms with Crippen molar-refractivity contribution < 1.29 is 27.0 Å². The molecule has 0 aromatic carbocycles. The second kappa shape index (κ2) is 9.23. The van der Waals surface area contributed by atoms with Crippen LogP contribution in [0.5, 0.6) is 0 Å². The SMILES string of the molecule is O=C=CO.[Fe]. The van der Waals surface area contributed by atoms with Crippen molar-refractivity contribution in [3.8, 4) is 0 Å². The van der Waals surface area contributed by atoms with Gasteiger partial charge in [-0.3, -0.25) is 0 Å². The van der Waals surface area contributed by atoms with E-state index in [2.05, 4.69) is 0 Å². The zero-order valence-electron chi connectivity index (χ0n) is 2.29. The molecule has 0 aliphatic carbocycles. The third-order valence-corrected chi connectivity index (χ3v) is 0.0527. The molecule has 0 saturated heterocycles. The minimum atomic E-state index is 0. The standard InChI is InChI=1S/C2H2O2.Fe/c3-1-2-4;/h1,3H;. The van der Waals surface area contributed by atoms with Gasteiger partial charge in [-0.25, -0.2) is 4.79 Å². The summed E-state index contributed by atoms with van der Waals surface area (Å²) in [6.07, 6.45) is 0.319. The second-order valence-corrected chi connectivity index (χ2v) is 0.247. The minimum absolute atomic E-state index is 0. The van der Waals surface area contributed by atoms with Crippen LogP contribution in [-0.2, 0) is 21.9 Å². The van der Waals surface area contributed by atoms with Crippen molar-refractivity contribution in [3.05, 3.63) is 6.26 Å². The van der Waals surface area contributed by atoms with Crippen molar-refractivity contribution >= 4 is 5.94 Å². The van der Waals surface area contributed by atoms with Crippen molar-refractivity contribution in [3.63, 3.8) is 0 Å². The van der Waals surface area contributed by atoms with Crippen LogP contribution in [0.2, 0.25) is 0 Å². The fourth-order valence-corrected chi connectivity index (χ4v) is 0. The smallest absolute Gasteiger partial charge is 0.163 e. The van der Waals surface area contributed by atoms with Crippen molar-refractivity contribution in [2.75, 3.05) is 0 Å². The molecule has 0 heterocycles. The molecule has 0 saturated carbocycles. The van der Waals surface area contributed by atoms with Crippen LogP contribution in [0.4, 0.5) is 0 Å². The van der Waals surface area contributed by atoms with E-state index in [9.17, 15) is 0 Å². The predicted molar refractivity (Wildman–Crippen MR) is 12.9 cm³/mol. The Morgan fingerprint density at radius 1 is 1.80 bits per heavy atom. The van der Waals surface area contributed by atoms with Crippen LogP contribution in [0.1, 0.15) is 0 Å². The largest absolute Gasteiger partial charge is 0.504 e. The number of hydrogen-bond acceptors (Lipinski definition) is 2. The van der Waals surface area contributed by atoms with E-state index in [1.54, 1.807) is 0 Å². The fraction of sp³-hybridized carbons (Fsp3) is 0. The van der Waals surface area contributed by atoms with Crippen LogP contribution in [0, 0.1) is 0 Å². The minimum Gasteiger partial charge on any atom is -0.504 e. The molecule has 0 aromatic rings. The first-order valence-electron chi connectivity index (χ1n) is 0.751. The average molecular weight is 114 g/mol. The predicted octanol–water partition coefficient (Wildman–Crippen LogP) is -0.113. The van der Waals surface area contributed by atoms with Crippen LogP contribution >= 0.6 is 0 Å². The average Bonchev–Trinajstić information content (AvgIpc) is 1.37. The Hall–Kier alpha value is -0.231. The molecule has 30 valence electrons. The summed E-state index contributed by atoms with van der Waals surface area (Å²) in [4.78, 5) is 8.74. The summed E-state index contributed by atoms with van der Waals surface area (Å²) in [7, 11) is 0. The summed E-state index contributed by atoms with van der Waals surface area (Å²) in [6.45, 7) is 0. The quantitative estimate of drug-likeness (QED) is 0.271. The molecule has 0 radical (unpaired) electrons. The molecule has 0 spiro atoms. The molecule has 0 aliphatic heterocycles. The van der Waals surface area contributed by atoms with Crippen molar-refractivity contribution in [1.82, 2.24) is 0 Å². The van der Waals surface area contributed by atoms with Gasteiger partial charge in [0.1, 0.15) is 0 Å². The van der Waals surface area contributed by atoms with E-state index in [4.69, 9.17) is 9.90 Å². The molecule has 0 unspecified atom stereocenters. The summed E-state index contributed by atoms with van der Waals surface area (Å²) in [5, 5.41) is 7.33. The van der Waals surface area contributed by atoms with Crippen molar-refractivity contribution in [2.24, 2.45) is 0 Å². The number of rotatable bonds is 0. The van der Waals surface area contributed by atoms with Gasteiger partial charge in [-0.2, -0.15) is 0 Å². The zero-order chi connectivity index (χ0) is 3.41. The molecule has 0 aliphatic rings. The molecule has 0 amide bonds. The molecule has 0 bridgehead atoms. The third-order valence-electron chi connectivity index (χ3n) is 0.0527. The van der Waals surface area contributed by atoms with Gasteiger partial charge in [0.2, 0.25) is 0 Å². The molecule has 2 nitrogen and oxygen atoms in total. The first-order valence-corrected chi connectivity index (χ1v) is 0.751. The molecule has 0 aromatic heterocycles. The van der Waals surface area contributed by atoms with Crippen LogP contribution in [-0.4, -0.2) is 11.0 Å². The van der Waals surface area contributed by atoms with Crippen molar-refractivity contribution in [2.45, 2.75) is 0 Å². The van der Waals surface area contributed by atoms with Gasteiger partial charge in [0.15, 0.2) is 12.2 Å². The fourth-order valence-electron chi connectivity index (χ4n) is 0.